The van der Waals surface area contributed by atoms with Crippen LogP contribution in [0.2, 0.25) is 0 Å². The monoisotopic (exact) mass is 888 g/mol. The molecule has 10 N–H and O–H groups in total. The predicted molar refractivity (Wildman–Crippen MR) is 205 cm³/mol. The average molecular weight is 889 g/mol. The van der Waals surface area contributed by atoms with Gasteiger partial charge in [0.1, 0.15) is 67.8 Å². The fourth-order valence-electron chi connectivity index (χ4n) is 13.0. The summed E-state index contributed by atoms with van der Waals surface area (Å²) in [5.74, 6) is -1.66. The van der Waals surface area contributed by atoms with Gasteiger partial charge in [0.15, 0.2) is 18.9 Å². The maximum absolute atomic E-state index is 13.3. The summed E-state index contributed by atoms with van der Waals surface area (Å²) in [6, 6.07) is 0. The van der Waals surface area contributed by atoms with Crippen molar-refractivity contribution in [2.75, 3.05) is 26.9 Å². The van der Waals surface area contributed by atoms with Gasteiger partial charge < -0.3 is 93.8 Å². The van der Waals surface area contributed by atoms with Crippen molar-refractivity contribution < 1.29 is 98.5 Å². The Kier molecular flexibility index (Phi) is 13.1. The highest BCUT2D eigenvalue weighted by Crippen LogP contribution is 2.70. The van der Waals surface area contributed by atoms with Crippen LogP contribution in [-0.2, 0) is 47.5 Å². The fraction of sp³-hybridized carbons (Fsp3) is 0.905. The van der Waals surface area contributed by atoms with Crippen molar-refractivity contribution in [1.82, 2.24) is 0 Å². The van der Waals surface area contributed by atoms with Gasteiger partial charge in [0.05, 0.1) is 54.2 Å². The Hall–Kier alpha value is -1.80. The molecule has 0 amide bonds. The van der Waals surface area contributed by atoms with E-state index < -0.39 is 145 Å². The largest absolute Gasteiger partial charge is 0.458 e. The van der Waals surface area contributed by atoms with Crippen molar-refractivity contribution in [2.45, 2.75) is 181 Å². The van der Waals surface area contributed by atoms with Crippen LogP contribution < -0.4 is 0 Å². The van der Waals surface area contributed by atoms with Gasteiger partial charge in [0.25, 0.3) is 0 Å². The summed E-state index contributed by atoms with van der Waals surface area (Å²) < 4.78 is 46.6. The number of aliphatic hydroxyl groups excluding tert-OH is 8. The Balaban J connectivity index is 0.892. The van der Waals surface area contributed by atoms with E-state index in [9.17, 15) is 60.7 Å². The van der Waals surface area contributed by atoms with E-state index in [0.29, 0.717) is 37.7 Å². The van der Waals surface area contributed by atoms with Crippen LogP contribution in [0, 0.1) is 28.6 Å². The molecule has 0 radical (unpaired) electrons. The van der Waals surface area contributed by atoms with Crippen LogP contribution in [0.1, 0.15) is 71.6 Å². The molecular formula is C42H64O20. The molecule has 23 atom stereocenters. The molecule has 4 saturated carbocycles. The Morgan fingerprint density at radius 1 is 0.823 bits per heavy atom. The van der Waals surface area contributed by atoms with E-state index in [2.05, 4.69) is 0 Å². The number of aldehydes is 1. The van der Waals surface area contributed by atoms with Gasteiger partial charge in [-0.3, -0.25) is 0 Å². The molecule has 20 nitrogen and oxygen atoms in total. The highest BCUT2D eigenvalue weighted by molar-refractivity contribution is 5.85. The second kappa shape index (κ2) is 17.4. The van der Waals surface area contributed by atoms with E-state index in [-0.39, 0.29) is 44.1 Å². The maximum Gasteiger partial charge on any atom is 0.331 e. The molecule has 0 bridgehead atoms. The lowest BCUT2D eigenvalue weighted by Crippen LogP contribution is -2.69. The predicted octanol–water partition coefficient (Wildman–Crippen LogP) is -2.95. The van der Waals surface area contributed by atoms with Gasteiger partial charge in [-0.25, -0.2) is 4.79 Å². The van der Waals surface area contributed by atoms with Crippen LogP contribution in [0.5, 0.6) is 0 Å². The lowest BCUT2D eigenvalue weighted by atomic mass is 9.41. The van der Waals surface area contributed by atoms with E-state index >= 15 is 0 Å². The summed E-state index contributed by atoms with van der Waals surface area (Å²) in [6.45, 7) is 2.51. The highest BCUT2D eigenvalue weighted by atomic mass is 16.8. The second-order valence-electron chi connectivity index (χ2n) is 19.3. The van der Waals surface area contributed by atoms with E-state index in [1.54, 1.807) is 6.92 Å². The van der Waals surface area contributed by atoms with Crippen LogP contribution in [0.4, 0.5) is 0 Å². The van der Waals surface area contributed by atoms with Crippen LogP contribution in [-0.4, -0.2) is 200 Å². The molecule has 0 aromatic heterocycles. The van der Waals surface area contributed by atoms with Gasteiger partial charge in [-0.2, -0.15) is 0 Å². The van der Waals surface area contributed by atoms with Gasteiger partial charge in [-0.05, 0) is 62.9 Å². The van der Waals surface area contributed by atoms with Crippen molar-refractivity contribution in [3.8, 4) is 0 Å². The number of carbonyl (C=O) groups is 2. The van der Waals surface area contributed by atoms with Crippen LogP contribution in [0.25, 0.3) is 0 Å². The van der Waals surface area contributed by atoms with Gasteiger partial charge in [-0.1, -0.05) is 6.92 Å². The number of methoxy groups -OCH3 is 1. The number of esters is 1. The summed E-state index contributed by atoms with van der Waals surface area (Å²) in [7, 11) is 1.46. The first kappa shape index (κ1) is 46.7. The summed E-state index contributed by atoms with van der Waals surface area (Å²) in [4.78, 5) is 25.3. The third kappa shape index (κ3) is 7.51. The first-order chi connectivity index (χ1) is 29.3. The molecule has 0 aromatic rings. The Morgan fingerprint density at radius 3 is 2.16 bits per heavy atom. The Morgan fingerprint density at radius 2 is 1.50 bits per heavy atom. The first-order valence-corrected chi connectivity index (χ1v) is 21.9. The Bertz CT molecular complexity index is 1670. The number of aliphatic hydroxyl groups is 10. The molecule has 4 heterocycles. The SMILES string of the molecule is CO[C@H]1C[C@H](O[C@H]2CC[C@]3(C=O)[C@H]4CC[C@]5(C)[C@H](C6=CC(=O)OC6)[C@@H](O)C[C@]5(O)[C@@H]4CC[C@]3(O)C2)O[C@H](C)[C@H]1O[C@@H]1O[C@H](CO[C@@H]2O[C@H](CO)[C@@H](O)[C@H](O)[C@H]2O)[C@@H](O)[C@H](O)[C@H]1O. The standard InChI is InChI=1S/C42H64O20/c1-18-36(62-38-35(52)33(50)31(48)26(61-38)16-57-37-34(51)32(49)30(47)25(14-43)60-37)24(55-3)11-28(58-18)59-20-4-8-40(17-44)21-5-7-39(2)29(19-10-27(46)56-15-19)23(45)13-42(39,54)22(21)6-9-41(40,53)12-20/h10,17-18,20-26,28-38,43,45,47-54H,4-9,11-16H2,1-3H3/t18-,20+,21+,22-,23+,24+,25-,26-,28+,29-,30-,31-,32+,33+,34-,35-,36-,37-,38+,39-,40+,41+,42+/m1/s1. The van der Waals surface area contributed by atoms with Gasteiger partial charge in [-0.15, -0.1) is 0 Å². The van der Waals surface area contributed by atoms with Crippen LogP contribution in [0.15, 0.2) is 11.6 Å². The zero-order valence-electron chi connectivity index (χ0n) is 35.2. The van der Waals surface area contributed by atoms with Crippen molar-refractivity contribution in [3.63, 3.8) is 0 Å². The topological polar surface area (TPSA) is 310 Å². The van der Waals surface area contributed by atoms with Gasteiger partial charge in [0, 0.05) is 43.8 Å². The minimum Gasteiger partial charge on any atom is -0.458 e. The fourth-order valence-corrected chi connectivity index (χ4v) is 13.0. The zero-order chi connectivity index (χ0) is 44.7. The normalized spacial score (nSPS) is 54.2. The summed E-state index contributed by atoms with van der Waals surface area (Å²) in [6.07, 6.45) is -15.4. The molecule has 7 fully saturated rings. The van der Waals surface area contributed by atoms with E-state index in [1.165, 1.54) is 13.2 Å². The van der Waals surface area contributed by atoms with E-state index in [4.69, 9.17) is 37.9 Å². The molecule has 0 spiro atoms. The summed E-state index contributed by atoms with van der Waals surface area (Å²) >= 11 is 0. The molecule has 352 valence electrons. The molecule has 8 aliphatic rings. The van der Waals surface area contributed by atoms with Gasteiger partial charge >= 0.3 is 5.97 Å². The quantitative estimate of drug-likeness (QED) is 0.0564. The average Bonchev–Trinajstić information content (AvgIpc) is 3.75. The van der Waals surface area contributed by atoms with Crippen LogP contribution >= 0.6 is 0 Å². The number of fused-ring (bicyclic) bond motifs is 5. The minimum atomic E-state index is -1.76. The lowest BCUT2D eigenvalue weighted by Gasteiger charge is -2.65. The summed E-state index contributed by atoms with van der Waals surface area (Å²) in [5, 5.41) is 109. The number of carbonyl (C=O) groups excluding carboxylic acids is 2. The smallest absolute Gasteiger partial charge is 0.331 e. The third-order valence-corrected chi connectivity index (χ3v) is 16.3. The number of ether oxygens (including phenoxy) is 8. The Labute approximate surface area is 358 Å². The second-order valence-corrected chi connectivity index (χ2v) is 19.3. The molecule has 0 unspecified atom stereocenters. The number of rotatable bonds is 11. The van der Waals surface area contributed by atoms with Crippen LogP contribution in [0.3, 0.4) is 0 Å². The van der Waals surface area contributed by atoms with Crippen molar-refractivity contribution in [1.29, 1.82) is 0 Å². The van der Waals surface area contributed by atoms with E-state index in [1.807, 2.05) is 6.92 Å². The van der Waals surface area contributed by atoms with Crippen molar-refractivity contribution in [2.24, 2.45) is 28.6 Å². The molecule has 8 rings (SSSR count). The van der Waals surface area contributed by atoms with Crippen molar-refractivity contribution >= 4 is 12.3 Å². The van der Waals surface area contributed by atoms with Gasteiger partial charge in [0.2, 0.25) is 0 Å². The molecule has 4 aliphatic carbocycles. The number of hydrogen-bond donors (Lipinski definition) is 10. The number of cyclic esters (lactones) is 1. The first-order valence-electron chi connectivity index (χ1n) is 21.9. The molecule has 4 aliphatic heterocycles. The molecular weight excluding hydrogens is 824 g/mol. The lowest BCUT2D eigenvalue weighted by molar-refractivity contribution is -0.355. The molecule has 3 saturated heterocycles. The maximum atomic E-state index is 13.3. The number of hydrogen-bond acceptors (Lipinski definition) is 20. The molecule has 62 heavy (non-hydrogen) atoms. The zero-order valence-corrected chi connectivity index (χ0v) is 35.2. The van der Waals surface area contributed by atoms with E-state index in [0.717, 1.165) is 6.29 Å². The third-order valence-electron chi connectivity index (χ3n) is 16.3. The molecule has 0 aromatic carbocycles. The minimum absolute atomic E-state index is 0.0744. The molecule has 20 heteroatoms. The summed E-state index contributed by atoms with van der Waals surface area (Å²) in [5.41, 5.74) is -4.03. The van der Waals surface area contributed by atoms with Crippen molar-refractivity contribution in [3.05, 3.63) is 11.6 Å². The highest BCUT2D eigenvalue weighted by Gasteiger charge is 2.73.